The first-order chi connectivity index (χ1) is 13.6. The first kappa shape index (κ1) is 21.1. The van der Waals surface area contributed by atoms with Crippen molar-refractivity contribution in [3.05, 3.63) is 36.0 Å². The van der Waals surface area contributed by atoms with E-state index in [-0.39, 0.29) is 10.6 Å². The summed E-state index contributed by atoms with van der Waals surface area (Å²) in [7, 11) is -0.735. The van der Waals surface area contributed by atoms with Crippen LogP contribution >= 0.6 is 0 Å². The molecule has 1 aromatic heterocycles. The van der Waals surface area contributed by atoms with Gasteiger partial charge in [-0.3, -0.25) is 4.72 Å². The number of hydrogen-bond acceptors (Lipinski definition) is 7. The third kappa shape index (κ3) is 4.88. The third-order valence-corrected chi connectivity index (χ3v) is 5.59. The highest BCUT2D eigenvalue weighted by Crippen LogP contribution is 2.31. The second-order valence-electron chi connectivity index (χ2n) is 6.53. The van der Waals surface area contributed by atoms with Crippen molar-refractivity contribution in [3.8, 4) is 0 Å². The Bertz CT molecular complexity index is 959. The molecule has 1 N–H and O–H groups in total. The summed E-state index contributed by atoms with van der Waals surface area (Å²) in [5.74, 6) is 0.770. The number of halogens is 3. The fourth-order valence-corrected chi connectivity index (χ4v) is 3.76. The van der Waals surface area contributed by atoms with Gasteiger partial charge in [0.05, 0.1) is 29.9 Å². The molecule has 8 nitrogen and oxygen atoms in total. The molecule has 0 atom stereocenters. The second-order valence-corrected chi connectivity index (χ2v) is 8.21. The zero-order chi connectivity index (χ0) is 21.2. The Kier molecular flexibility index (Phi) is 5.85. The Labute approximate surface area is 166 Å². The van der Waals surface area contributed by atoms with Crippen molar-refractivity contribution in [1.82, 2.24) is 9.97 Å². The smallest absolute Gasteiger partial charge is 0.378 e. The maximum Gasteiger partial charge on any atom is 0.416 e. The van der Waals surface area contributed by atoms with Crippen LogP contribution in [0.1, 0.15) is 5.56 Å². The molecule has 1 aliphatic heterocycles. The Morgan fingerprint density at radius 3 is 2.31 bits per heavy atom. The molecule has 0 bridgehead atoms. The van der Waals surface area contributed by atoms with Crippen LogP contribution in [0.25, 0.3) is 0 Å². The van der Waals surface area contributed by atoms with E-state index in [1.54, 1.807) is 19.0 Å². The summed E-state index contributed by atoms with van der Waals surface area (Å²) in [5.41, 5.74) is -0.810. The van der Waals surface area contributed by atoms with Gasteiger partial charge in [-0.1, -0.05) is 0 Å². The van der Waals surface area contributed by atoms with Gasteiger partial charge in [0.1, 0.15) is 5.69 Å². The topological polar surface area (TPSA) is 87.7 Å². The summed E-state index contributed by atoms with van der Waals surface area (Å²) in [4.78, 5) is 11.9. The molecule has 2 heterocycles. The lowest BCUT2D eigenvalue weighted by atomic mass is 10.2. The number of anilines is 3. The van der Waals surface area contributed by atoms with Crippen LogP contribution in [0.5, 0.6) is 0 Å². The highest BCUT2D eigenvalue weighted by atomic mass is 32.2. The third-order valence-electron chi connectivity index (χ3n) is 4.21. The van der Waals surface area contributed by atoms with Crippen LogP contribution in [0.2, 0.25) is 0 Å². The van der Waals surface area contributed by atoms with E-state index in [9.17, 15) is 21.6 Å². The Hall–Kier alpha value is -2.60. The molecule has 1 aliphatic rings. The normalized spacial score (nSPS) is 15.3. The molecule has 158 valence electrons. The number of hydrogen-bond donors (Lipinski definition) is 1. The van der Waals surface area contributed by atoms with Gasteiger partial charge in [0.2, 0.25) is 5.95 Å². The lowest BCUT2D eigenvalue weighted by molar-refractivity contribution is -0.137. The van der Waals surface area contributed by atoms with Gasteiger partial charge in [-0.05, 0) is 24.3 Å². The van der Waals surface area contributed by atoms with Crippen molar-refractivity contribution >= 4 is 27.5 Å². The number of benzene rings is 1. The molecule has 1 fully saturated rings. The van der Waals surface area contributed by atoms with Crippen LogP contribution in [0.3, 0.4) is 0 Å². The zero-order valence-corrected chi connectivity index (χ0v) is 16.6. The number of rotatable bonds is 5. The molecule has 0 radical (unpaired) electrons. The molecule has 1 aromatic carbocycles. The van der Waals surface area contributed by atoms with Gasteiger partial charge in [-0.2, -0.15) is 18.2 Å². The van der Waals surface area contributed by atoms with Crippen LogP contribution < -0.4 is 14.5 Å². The van der Waals surface area contributed by atoms with E-state index < -0.39 is 21.8 Å². The number of nitrogens with zero attached hydrogens (tertiary/aromatic N) is 4. The van der Waals surface area contributed by atoms with Gasteiger partial charge < -0.3 is 14.5 Å². The molecule has 0 aliphatic carbocycles. The molecule has 12 heteroatoms. The van der Waals surface area contributed by atoms with E-state index in [1.165, 1.54) is 6.20 Å². The molecule has 29 heavy (non-hydrogen) atoms. The number of ether oxygens (including phenoxy) is 1. The minimum atomic E-state index is -4.54. The lowest BCUT2D eigenvalue weighted by Crippen LogP contribution is -2.37. The van der Waals surface area contributed by atoms with Crippen LogP contribution in [0, 0.1) is 0 Å². The predicted molar refractivity (Wildman–Crippen MR) is 102 cm³/mol. The van der Waals surface area contributed by atoms with Gasteiger partial charge in [0.15, 0.2) is 5.82 Å². The summed E-state index contributed by atoms with van der Waals surface area (Å²) in [6.45, 7) is 2.32. The van der Waals surface area contributed by atoms with Crippen LogP contribution in [0.15, 0.2) is 35.4 Å². The standard InChI is InChI=1S/C17H20F3N5O3S/c1-24(2)15-14(11-21-16(22-15)25-7-9-28-10-8-25)23-29(26,27)13-5-3-12(4-6-13)17(18,19)20/h3-6,11,23H,7-10H2,1-2H3. The SMILES string of the molecule is CN(C)c1nc(N2CCOCC2)ncc1NS(=O)(=O)c1ccc(C(F)(F)F)cc1. The Balaban J connectivity index is 1.87. The average Bonchev–Trinajstić information content (AvgIpc) is 2.68. The Morgan fingerprint density at radius 2 is 1.76 bits per heavy atom. The van der Waals surface area contributed by atoms with Gasteiger partial charge in [-0.15, -0.1) is 0 Å². The first-order valence-corrected chi connectivity index (χ1v) is 10.1. The minimum Gasteiger partial charge on any atom is -0.378 e. The molecule has 0 spiro atoms. The van der Waals surface area contributed by atoms with Gasteiger partial charge >= 0.3 is 6.18 Å². The summed E-state index contributed by atoms with van der Waals surface area (Å²) in [6, 6.07) is 3.26. The molecule has 0 unspecified atom stereocenters. The zero-order valence-electron chi connectivity index (χ0n) is 15.8. The van der Waals surface area contributed by atoms with E-state index in [2.05, 4.69) is 14.7 Å². The van der Waals surface area contributed by atoms with Gasteiger partial charge in [0, 0.05) is 27.2 Å². The number of sulfonamides is 1. The summed E-state index contributed by atoms with van der Waals surface area (Å²) in [5, 5.41) is 0. The second kappa shape index (κ2) is 8.03. The number of aromatic nitrogens is 2. The summed E-state index contributed by atoms with van der Waals surface area (Å²) < 4.78 is 71.0. The van der Waals surface area contributed by atoms with E-state index in [4.69, 9.17) is 4.74 Å². The quantitative estimate of drug-likeness (QED) is 0.777. The molecular formula is C17H20F3N5O3S. The van der Waals surface area contributed by atoms with E-state index >= 15 is 0 Å². The fraction of sp³-hybridized carbons (Fsp3) is 0.412. The van der Waals surface area contributed by atoms with E-state index in [1.807, 2.05) is 4.90 Å². The van der Waals surface area contributed by atoms with Crippen molar-refractivity contribution in [1.29, 1.82) is 0 Å². The van der Waals surface area contributed by atoms with Crippen molar-refractivity contribution in [2.24, 2.45) is 0 Å². The molecule has 3 rings (SSSR count). The molecule has 1 saturated heterocycles. The number of alkyl halides is 3. The van der Waals surface area contributed by atoms with E-state index in [0.717, 1.165) is 24.3 Å². The maximum atomic E-state index is 12.7. The Morgan fingerprint density at radius 1 is 1.14 bits per heavy atom. The van der Waals surface area contributed by atoms with Gasteiger partial charge in [-0.25, -0.2) is 13.4 Å². The van der Waals surface area contributed by atoms with Crippen LogP contribution in [-0.4, -0.2) is 58.8 Å². The highest BCUT2D eigenvalue weighted by molar-refractivity contribution is 7.92. The van der Waals surface area contributed by atoms with E-state index in [0.29, 0.717) is 38.1 Å². The maximum absolute atomic E-state index is 12.7. The molecule has 0 saturated carbocycles. The van der Waals surface area contributed by atoms with Crippen molar-refractivity contribution < 1.29 is 26.3 Å². The summed E-state index contributed by atoms with van der Waals surface area (Å²) in [6.07, 6.45) is -3.20. The molecule has 2 aromatic rings. The van der Waals surface area contributed by atoms with Gasteiger partial charge in [0.25, 0.3) is 10.0 Å². The van der Waals surface area contributed by atoms with Crippen molar-refractivity contribution in [2.75, 3.05) is 54.9 Å². The molecular weight excluding hydrogens is 411 g/mol. The number of morpholine rings is 1. The number of nitrogens with one attached hydrogen (secondary N) is 1. The fourth-order valence-electron chi connectivity index (χ4n) is 2.72. The largest absolute Gasteiger partial charge is 0.416 e. The minimum absolute atomic E-state index is 0.118. The average molecular weight is 431 g/mol. The highest BCUT2D eigenvalue weighted by Gasteiger charge is 2.31. The molecule has 0 amide bonds. The lowest BCUT2D eigenvalue weighted by Gasteiger charge is -2.28. The van der Waals surface area contributed by atoms with Crippen molar-refractivity contribution in [2.45, 2.75) is 11.1 Å². The predicted octanol–water partition coefficient (Wildman–Crippen LogP) is 2.20. The van der Waals surface area contributed by atoms with Crippen LogP contribution in [-0.2, 0) is 20.9 Å². The summed E-state index contributed by atoms with van der Waals surface area (Å²) >= 11 is 0. The monoisotopic (exact) mass is 431 g/mol. The first-order valence-electron chi connectivity index (χ1n) is 8.65. The van der Waals surface area contributed by atoms with Crippen molar-refractivity contribution in [3.63, 3.8) is 0 Å². The van der Waals surface area contributed by atoms with Crippen LogP contribution in [0.4, 0.5) is 30.6 Å².